The van der Waals surface area contributed by atoms with E-state index in [0.717, 1.165) is 6.42 Å². The number of ether oxygens (including phenoxy) is 1. The van der Waals surface area contributed by atoms with Crippen LogP contribution in [0.5, 0.6) is 0 Å². The number of alkyl halides is 1. The van der Waals surface area contributed by atoms with Crippen LogP contribution in [0.25, 0.3) is 0 Å². The van der Waals surface area contributed by atoms with E-state index in [9.17, 15) is 4.79 Å². The van der Waals surface area contributed by atoms with Gasteiger partial charge in [0.1, 0.15) is 6.10 Å². The molecule has 0 saturated carbocycles. The van der Waals surface area contributed by atoms with E-state index in [1.54, 1.807) is 0 Å². The Labute approximate surface area is 81.8 Å². The van der Waals surface area contributed by atoms with Gasteiger partial charge in [-0.05, 0) is 12.3 Å². The maximum absolute atomic E-state index is 11.1. The summed E-state index contributed by atoms with van der Waals surface area (Å²) in [5.74, 6) is 0.463. The van der Waals surface area contributed by atoms with Crippen LogP contribution in [0.1, 0.15) is 27.2 Å². The minimum atomic E-state index is -0.0344. The summed E-state index contributed by atoms with van der Waals surface area (Å²) in [6.45, 7) is 6.21. The van der Waals surface area contributed by atoms with E-state index in [0.29, 0.717) is 10.7 Å². The van der Waals surface area contributed by atoms with Crippen molar-refractivity contribution in [3.63, 3.8) is 0 Å². The van der Waals surface area contributed by atoms with Crippen molar-refractivity contribution in [1.82, 2.24) is 0 Å². The molecule has 3 heteroatoms. The molecule has 1 rings (SSSR count). The molecule has 3 atom stereocenters. The highest BCUT2D eigenvalue weighted by molar-refractivity contribution is 9.09. The van der Waals surface area contributed by atoms with Crippen molar-refractivity contribution >= 4 is 21.9 Å². The molecule has 70 valence electrons. The van der Waals surface area contributed by atoms with E-state index in [4.69, 9.17) is 4.74 Å². The fourth-order valence-electron chi connectivity index (χ4n) is 1.53. The van der Waals surface area contributed by atoms with Crippen molar-refractivity contribution in [2.75, 3.05) is 0 Å². The van der Waals surface area contributed by atoms with Crippen molar-refractivity contribution in [1.29, 1.82) is 0 Å². The first-order chi connectivity index (χ1) is 5.57. The average molecular weight is 235 g/mol. The zero-order valence-corrected chi connectivity index (χ0v) is 9.30. The first-order valence-corrected chi connectivity index (χ1v) is 5.34. The highest BCUT2D eigenvalue weighted by Gasteiger charge is 2.47. The monoisotopic (exact) mass is 234 g/mol. The lowest BCUT2D eigenvalue weighted by Crippen LogP contribution is -2.52. The molecule has 1 unspecified atom stereocenters. The van der Waals surface area contributed by atoms with Crippen LogP contribution in [0.4, 0.5) is 0 Å². The molecule has 0 bridgehead atoms. The number of carbonyl (C=O) groups excluding carboxylic acids is 1. The molecule has 0 radical (unpaired) electrons. The van der Waals surface area contributed by atoms with Crippen molar-refractivity contribution in [2.45, 2.75) is 38.1 Å². The van der Waals surface area contributed by atoms with Gasteiger partial charge in [0.2, 0.25) is 0 Å². The average Bonchev–Trinajstić information content (AvgIpc) is 1.97. The van der Waals surface area contributed by atoms with Crippen LogP contribution in [-0.2, 0) is 9.53 Å². The molecule has 0 aliphatic carbocycles. The van der Waals surface area contributed by atoms with Gasteiger partial charge in [-0.1, -0.05) is 36.7 Å². The summed E-state index contributed by atoms with van der Waals surface area (Å²) in [6.07, 6.45) is 1.10. The van der Waals surface area contributed by atoms with Crippen LogP contribution in [0.15, 0.2) is 0 Å². The van der Waals surface area contributed by atoms with Crippen LogP contribution in [0, 0.1) is 11.8 Å². The van der Waals surface area contributed by atoms with Gasteiger partial charge in [0.15, 0.2) is 0 Å². The van der Waals surface area contributed by atoms with Crippen molar-refractivity contribution in [3.05, 3.63) is 0 Å². The topological polar surface area (TPSA) is 26.3 Å². The van der Waals surface area contributed by atoms with Gasteiger partial charge in [-0.3, -0.25) is 4.79 Å². The van der Waals surface area contributed by atoms with E-state index in [1.807, 2.05) is 0 Å². The normalized spacial score (nSPS) is 31.2. The summed E-state index contributed by atoms with van der Waals surface area (Å²) < 4.78 is 5.08. The van der Waals surface area contributed by atoms with Crippen LogP contribution >= 0.6 is 15.9 Å². The Morgan fingerprint density at radius 3 is 2.50 bits per heavy atom. The number of cyclic esters (lactones) is 1. The molecule has 0 spiro atoms. The Kier molecular flexibility index (Phi) is 3.16. The van der Waals surface area contributed by atoms with E-state index < -0.39 is 0 Å². The molecule has 0 N–H and O–H groups in total. The second-order valence-electron chi connectivity index (χ2n) is 3.60. The summed E-state index contributed by atoms with van der Waals surface area (Å²) in [4.78, 5) is 11.4. The SMILES string of the molecule is CCC(Br)[C@H]1OC(=O)[C@@H]1C(C)C. The highest BCUT2D eigenvalue weighted by Crippen LogP contribution is 2.35. The number of esters is 1. The Bertz CT molecular complexity index is 179. The zero-order valence-electron chi connectivity index (χ0n) is 7.71. The Morgan fingerprint density at radius 1 is 1.58 bits per heavy atom. The summed E-state index contributed by atoms with van der Waals surface area (Å²) in [7, 11) is 0. The Morgan fingerprint density at radius 2 is 2.17 bits per heavy atom. The predicted octanol–water partition coefficient (Wildman–Crippen LogP) is 2.36. The summed E-state index contributed by atoms with van der Waals surface area (Å²) in [6, 6.07) is 0. The van der Waals surface area contributed by atoms with Crippen LogP contribution < -0.4 is 0 Å². The van der Waals surface area contributed by atoms with Gasteiger partial charge in [0, 0.05) is 0 Å². The quantitative estimate of drug-likeness (QED) is 0.554. The zero-order chi connectivity index (χ0) is 9.30. The van der Waals surface area contributed by atoms with Crippen molar-refractivity contribution in [2.24, 2.45) is 11.8 Å². The maximum Gasteiger partial charge on any atom is 0.313 e. The van der Waals surface area contributed by atoms with E-state index in [2.05, 4.69) is 36.7 Å². The van der Waals surface area contributed by atoms with Crippen LogP contribution in [-0.4, -0.2) is 16.9 Å². The summed E-state index contributed by atoms with van der Waals surface area (Å²) >= 11 is 3.51. The minimum Gasteiger partial charge on any atom is -0.460 e. The summed E-state index contributed by atoms with van der Waals surface area (Å²) in [5, 5.41) is 0. The lowest BCUT2D eigenvalue weighted by Gasteiger charge is -2.40. The minimum absolute atomic E-state index is 0.0344. The molecule has 1 saturated heterocycles. The number of hydrogen-bond donors (Lipinski definition) is 0. The highest BCUT2D eigenvalue weighted by atomic mass is 79.9. The molecule has 1 aliphatic heterocycles. The lowest BCUT2D eigenvalue weighted by molar-refractivity contribution is -0.188. The van der Waals surface area contributed by atoms with Gasteiger partial charge in [0.25, 0.3) is 0 Å². The van der Waals surface area contributed by atoms with E-state index >= 15 is 0 Å². The molecule has 0 amide bonds. The summed E-state index contributed by atoms with van der Waals surface area (Å²) in [5.41, 5.74) is 0. The molecular formula is C9H15BrO2. The van der Waals surface area contributed by atoms with E-state index in [1.165, 1.54) is 0 Å². The van der Waals surface area contributed by atoms with Gasteiger partial charge >= 0.3 is 5.97 Å². The Hall–Kier alpha value is -0.0500. The number of carbonyl (C=O) groups is 1. The van der Waals surface area contributed by atoms with Crippen LogP contribution in [0.3, 0.4) is 0 Å². The fraction of sp³-hybridized carbons (Fsp3) is 0.889. The third-order valence-electron chi connectivity index (χ3n) is 2.34. The molecule has 1 aliphatic rings. The molecule has 1 heterocycles. The molecule has 2 nitrogen and oxygen atoms in total. The maximum atomic E-state index is 11.1. The van der Waals surface area contributed by atoms with Gasteiger partial charge in [-0.2, -0.15) is 0 Å². The first-order valence-electron chi connectivity index (χ1n) is 4.42. The standard InChI is InChI=1S/C9H15BrO2/c1-4-6(10)8-7(5(2)3)9(11)12-8/h5-8H,4H2,1-3H3/t6?,7-,8-/m1/s1. The van der Waals surface area contributed by atoms with Gasteiger partial charge in [0.05, 0.1) is 10.7 Å². The predicted molar refractivity (Wildman–Crippen MR) is 51.2 cm³/mol. The molecule has 1 fully saturated rings. The number of rotatable bonds is 3. The number of halogens is 1. The lowest BCUT2D eigenvalue weighted by atomic mass is 9.84. The third kappa shape index (κ3) is 1.65. The fourth-order valence-corrected chi connectivity index (χ4v) is 1.97. The first kappa shape index (κ1) is 10.0. The molecule has 0 aromatic rings. The third-order valence-corrected chi connectivity index (χ3v) is 3.51. The molecular weight excluding hydrogens is 220 g/mol. The van der Waals surface area contributed by atoms with Gasteiger partial charge < -0.3 is 4.74 Å². The molecule has 0 aromatic carbocycles. The largest absolute Gasteiger partial charge is 0.460 e. The Balaban J connectivity index is 2.53. The second-order valence-corrected chi connectivity index (χ2v) is 4.77. The van der Waals surface area contributed by atoms with Crippen molar-refractivity contribution in [3.8, 4) is 0 Å². The van der Waals surface area contributed by atoms with Gasteiger partial charge in [-0.15, -0.1) is 0 Å². The molecule has 0 aromatic heterocycles. The second kappa shape index (κ2) is 3.77. The number of hydrogen-bond acceptors (Lipinski definition) is 2. The van der Waals surface area contributed by atoms with Crippen LogP contribution in [0.2, 0.25) is 0 Å². The smallest absolute Gasteiger partial charge is 0.313 e. The van der Waals surface area contributed by atoms with Gasteiger partial charge in [-0.25, -0.2) is 0 Å². The van der Waals surface area contributed by atoms with Crippen molar-refractivity contribution < 1.29 is 9.53 Å². The van der Waals surface area contributed by atoms with E-state index in [-0.39, 0.29) is 18.0 Å². The molecule has 12 heavy (non-hydrogen) atoms.